The summed E-state index contributed by atoms with van der Waals surface area (Å²) in [6, 6.07) is 0. The standard InChI is InChI=1S/C10H13N3O3S/c1-5-8(10(15)16)9(13-6(2)12-5)17-4-3-7(11)14/h3-4H2,1-2H3,(H2,11,14)(H,15,16). The molecule has 92 valence electrons. The van der Waals surface area contributed by atoms with E-state index in [2.05, 4.69) is 9.97 Å². The normalized spacial score (nSPS) is 10.2. The largest absolute Gasteiger partial charge is 0.478 e. The van der Waals surface area contributed by atoms with Gasteiger partial charge in [0.05, 0.1) is 5.69 Å². The molecule has 1 amide bonds. The van der Waals surface area contributed by atoms with E-state index in [4.69, 9.17) is 10.8 Å². The quantitative estimate of drug-likeness (QED) is 0.594. The molecule has 0 fully saturated rings. The number of carboxylic acids is 1. The minimum atomic E-state index is -1.07. The summed E-state index contributed by atoms with van der Waals surface area (Å²) < 4.78 is 0. The number of primary amides is 1. The SMILES string of the molecule is Cc1nc(C)c(C(=O)O)c(SCCC(N)=O)n1. The summed E-state index contributed by atoms with van der Waals surface area (Å²) in [4.78, 5) is 29.7. The number of aryl methyl sites for hydroxylation is 2. The van der Waals surface area contributed by atoms with Crippen molar-refractivity contribution in [3.8, 4) is 0 Å². The van der Waals surface area contributed by atoms with Gasteiger partial charge in [0.1, 0.15) is 16.4 Å². The molecule has 0 radical (unpaired) electrons. The maximum atomic E-state index is 11.1. The Balaban J connectivity index is 2.96. The maximum absolute atomic E-state index is 11.1. The van der Waals surface area contributed by atoms with Crippen LogP contribution in [-0.4, -0.2) is 32.7 Å². The lowest BCUT2D eigenvalue weighted by molar-refractivity contribution is -0.117. The van der Waals surface area contributed by atoms with Crippen molar-refractivity contribution in [1.82, 2.24) is 9.97 Å². The highest BCUT2D eigenvalue weighted by molar-refractivity contribution is 7.99. The molecule has 0 unspecified atom stereocenters. The lowest BCUT2D eigenvalue weighted by Crippen LogP contribution is -2.12. The van der Waals surface area contributed by atoms with Crippen LogP contribution in [0.15, 0.2) is 5.03 Å². The summed E-state index contributed by atoms with van der Waals surface area (Å²) >= 11 is 1.20. The molecule has 3 N–H and O–H groups in total. The number of rotatable bonds is 5. The van der Waals surface area contributed by atoms with Gasteiger partial charge in [-0.15, -0.1) is 11.8 Å². The Morgan fingerprint density at radius 3 is 2.53 bits per heavy atom. The molecule has 1 rings (SSSR count). The molecule has 0 spiro atoms. The highest BCUT2D eigenvalue weighted by Crippen LogP contribution is 2.23. The minimum absolute atomic E-state index is 0.0880. The summed E-state index contributed by atoms with van der Waals surface area (Å²) in [7, 11) is 0. The predicted molar refractivity (Wildman–Crippen MR) is 63.0 cm³/mol. The van der Waals surface area contributed by atoms with Crippen LogP contribution in [0, 0.1) is 13.8 Å². The zero-order valence-corrected chi connectivity index (χ0v) is 10.4. The van der Waals surface area contributed by atoms with Gasteiger partial charge in [0.25, 0.3) is 0 Å². The molecule has 0 aliphatic rings. The monoisotopic (exact) mass is 255 g/mol. The molecule has 1 heterocycles. The van der Waals surface area contributed by atoms with Gasteiger partial charge in [-0.2, -0.15) is 0 Å². The first-order chi connectivity index (χ1) is 7.91. The van der Waals surface area contributed by atoms with E-state index < -0.39 is 11.9 Å². The van der Waals surface area contributed by atoms with Gasteiger partial charge in [-0.3, -0.25) is 4.79 Å². The molecule has 0 aliphatic heterocycles. The predicted octanol–water partition coefficient (Wildman–Crippen LogP) is 0.759. The Hall–Kier alpha value is -1.63. The van der Waals surface area contributed by atoms with Gasteiger partial charge < -0.3 is 10.8 Å². The van der Waals surface area contributed by atoms with Crippen molar-refractivity contribution in [2.75, 3.05) is 5.75 Å². The van der Waals surface area contributed by atoms with Gasteiger partial charge >= 0.3 is 5.97 Å². The topological polar surface area (TPSA) is 106 Å². The number of nitrogens with zero attached hydrogens (tertiary/aromatic N) is 2. The van der Waals surface area contributed by atoms with Crippen LogP contribution in [-0.2, 0) is 4.79 Å². The lowest BCUT2D eigenvalue weighted by Gasteiger charge is -2.07. The Kier molecular flexibility index (Phi) is 4.45. The molecule has 0 saturated carbocycles. The number of carboxylic acid groups (broad SMARTS) is 1. The molecule has 7 heteroatoms. The van der Waals surface area contributed by atoms with Crippen LogP contribution < -0.4 is 5.73 Å². The number of aromatic nitrogens is 2. The van der Waals surface area contributed by atoms with Gasteiger partial charge in [0.2, 0.25) is 5.91 Å². The molecule has 0 aromatic carbocycles. The van der Waals surface area contributed by atoms with E-state index in [1.807, 2.05) is 0 Å². The highest BCUT2D eigenvalue weighted by atomic mass is 32.2. The van der Waals surface area contributed by atoms with E-state index in [1.165, 1.54) is 11.8 Å². The summed E-state index contributed by atoms with van der Waals surface area (Å²) in [5.74, 6) is -0.569. The first-order valence-electron chi connectivity index (χ1n) is 4.91. The average Bonchev–Trinajstić information content (AvgIpc) is 2.14. The lowest BCUT2D eigenvalue weighted by atomic mass is 10.2. The second kappa shape index (κ2) is 5.62. The van der Waals surface area contributed by atoms with Crippen LogP contribution in [0.3, 0.4) is 0 Å². The van der Waals surface area contributed by atoms with Crippen LogP contribution in [0.2, 0.25) is 0 Å². The summed E-state index contributed by atoms with van der Waals surface area (Å²) in [6.07, 6.45) is 0.186. The first kappa shape index (κ1) is 13.4. The van der Waals surface area contributed by atoms with E-state index >= 15 is 0 Å². The molecular formula is C10H13N3O3S. The summed E-state index contributed by atoms with van der Waals surface area (Å²) in [6.45, 7) is 3.31. The van der Waals surface area contributed by atoms with Crippen molar-refractivity contribution in [2.45, 2.75) is 25.3 Å². The first-order valence-corrected chi connectivity index (χ1v) is 5.90. The van der Waals surface area contributed by atoms with E-state index in [-0.39, 0.29) is 12.0 Å². The molecule has 0 atom stereocenters. The Bertz CT molecular complexity index is 462. The molecule has 1 aromatic rings. The highest BCUT2D eigenvalue weighted by Gasteiger charge is 2.17. The van der Waals surface area contributed by atoms with E-state index in [9.17, 15) is 9.59 Å². The van der Waals surface area contributed by atoms with Gasteiger partial charge in [0.15, 0.2) is 0 Å². The van der Waals surface area contributed by atoms with E-state index in [1.54, 1.807) is 13.8 Å². The van der Waals surface area contributed by atoms with Crippen LogP contribution in [0.5, 0.6) is 0 Å². The molecule has 6 nitrogen and oxygen atoms in total. The Morgan fingerprint density at radius 1 is 1.35 bits per heavy atom. The van der Waals surface area contributed by atoms with Crippen molar-refractivity contribution in [3.63, 3.8) is 0 Å². The number of nitrogens with two attached hydrogens (primary N) is 1. The molecule has 0 saturated heterocycles. The molecule has 0 bridgehead atoms. The van der Waals surface area contributed by atoms with Crippen LogP contribution in [0.25, 0.3) is 0 Å². The summed E-state index contributed by atoms with van der Waals surface area (Å²) in [5.41, 5.74) is 5.52. The van der Waals surface area contributed by atoms with Gasteiger partial charge in [0, 0.05) is 12.2 Å². The van der Waals surface area contributed by atoms with Crippen LogP contribution in [0.1, 0.15) is 28.3 Å². The van der Waals surface area contributed by atoms with Crippen LogP contribution in [0.4, 0.5) is 0 Å². The van der Waals surface area contributed by atoms with Crippen molar-refractivity contribution in [2.24, 2.45) is 5.73 Å². The summed E-state index contributed by atoms with van der Waals surface area (Å²) in [5, 5.41) is 9.44. The van der Waals surface area contributed by atoms with Crippen molar-refractivity contribution >= 4 is 23.6 Å². The number of amides is 1. The van der Waals surface area contributed by atoms with Crippen molar-refractivity contribution < 1.29 is 14.7 Å². The van der Waals surface area contributed by atoms with Gasteiger partial charge in [-0.25, -0.2) is 14.8 Å². The zero-order valence-electron chi connectivity index (χ0n) is 9.56. The minimum Gasteiger partial charge on any atom is -0.478 e. The fourth-order valence-electron chi connectivity index (χ4n) is 1.28. The van der Waals surface area contributed by atoms with Crippen molar-refractivity contribution in [1.29, 1.82) is 0 Å². The number of aromatic carboxylic acids is 1. The Labute approximate surface area is 103 Å². The second-order valence-corrected chi connectivity index (χ2v) is 4.49. The zero-order chi connectivity index (χ0) is 13.0. The fourth-order valence-corrected chi connectivity index (χ4v) is 2.35. The third-order valence-corrected chi connectivity index (χ3v) is 2.95. The number of carbonyl (C=O) groups is 2. The van der Waals surface area contributed by atoms with Crippen LogP contribution >= 0.6 is 11.8 Å². The smallest absolute Gasteiger partial charge is 0.340 e. The number of thioether (sulfide) groups is 1. The maximum Gasteiger partial charge on any atom is 0.340 e. The van der Waals surface area contributed by atoms with Gasteiger partial charge in [-0.1, -0.05) is 0 Å². The molecule has 1 aromatic heterocycles. The second-order valence-electron chi connectivity index (χ2n) is 3.41. The van der Waals surface area contributed by atoms with E-state index in [0.29, 0.717) is 22.3 Å². The average molecular weight is 255 g/mol. The number of hydrogen-bond donors (Lipinski definition) is 2. The van der Waals surface area contributed by atoms with Crippen molar-refractivity contribution in [3.05, 3.63) is 17.1 Å². The number of carbonyl (C=O) groups excluding carboxylic acids is 1. The fraction of sp³-hybridized carbons (Fsp3) is 0.400. The Morgan fingerprint density at radius 2 is 2.00 bits per heavy atom. The molecule has 17 heavy (non-hydrogen) atoms. The van der Waals surface area contributed by atoms with E-state index in [0.717, 1.165) is 0 Å². The van der Waals surface area contributed by atoms with Gasteiger partial charge in [-0.05, 0) is 13.8 Å². The third kappa shape index (κ3) is 3.70. The molecular weight excluding hydrogens is 242 g/mol. The molecule has 0 aliphatic carbocycles. The third-order valence-electron chi connectivity index (χ3n) is 1.97. The number of hydrogen-bond acceptors (Lipinski definition) is 5.